The van der Waals surface area contributed by atoms with E-state index in [0.29, 0.717) is 35.9 Å². The quantitative estimate of drug-likeness (QED) is 0.594. The molecule has 3 rings (SSSR count). The molecule has 2 heterocycles. The fourth-order valence-electron chi connectivity index (χ4n) is 3.20. The zero-order valence-electron chi connectivity index (χ0n) is 17.0. The van der Waals surface area contributed by atoms with Crippen molar-refractivity contribution in [1.82, 2.24) is 15.1 Å². The van der Waals surface area contributed by atoms with E-state index in [1.165, 1.54) is 11.3 Å². The molecule has 1 saturated heterocycles. The van der Waals surface area contributed by atoms with Crippen LogP contribution in [0.4, 0.5) is 11.4 Å². The van der Waals surface area contributed by atoms with E-state index in [-0.39, 0.29) is 17.7 Å². The lowest BCUT2D eigenvalue weighted by Crippen LogP contribution is -2.51. The molecule has 8 nitrogen and oxygen atoms in total. The Labute approximate surface area is 180 Å². The molecule has 9 heteroatoms. The van der Waals surface area contributed by atoms with Crippen LogP contribution < -0.4 is 16.0 Å². The summed E-state index contributed by atoms with van der Waals surface area (Å²) in [7, 11) is 0. The molecule has 1 aliphatic rings. The third-order valence-electron chi connectivity index (χ3n) is 4.74. The van der Waals surface area contributed by atoms with Crippen molar-refractivity contribution in [3.63, 3.8) is 0 Å². The lowest BCUT2D eigenvalue weighted by molar-refractivity contribution is -0.123. The fraction of sp³-hybridized carbons (Fsp3) is 0.381. The third-order valence-corrected chi connectivity index (χ3v) is 5.61. The standard InChI is InChI=1S/C21H27N5O3S/c1-2-22-19(27)14-25-9-11-26(12-10-25)15-20(28)23-16-5-7-17(8-6-16)24-21(29)18-4-3-13-30-18/h3-8,13H,2,9-12,14-15H2,1H3,(H,22,27)(H,23,28)(H,24,29). The molecule has 0 spiro atoms. The maximum Gasteiger partial charge on any atom is 0.265 e. The molecule has 1 aromatic carbocycles. The molecular formula is C21H27N5O3S. The summed E-state index contributed by atoms with van der Waals surface area (Å²) < 4.78 is 0. The molecule has 1 aliphatic heterocycles. The van der Waals surface area contributed by atoms with Gasteiger partial charge in [0.05, 0.1) is 18.0 Å². The van der Waals surface area contributed by atoms with Crippen molar-refractivity contribution in [1.29, 1.82) is 0 Å². The van der Waals surface area contributed by atoms with Crippen LogP contribution in [-0.4, -0.2) is 73.3 Å². The van der Waals surface area contributed by atoms with E-state index in [9.17, 15) is 14.4 Å². The topological polar surface area (TPSA) is 93.8 Å². The highest BCUT2D eigenvalue weighted by atomic mass is 32.1. The van der Waals surface area contributed by atoms with E-state index in [0.717, 1.165) is 26.2 Å². The molecule has 0 bridgehead atoms. The van der Waals surface area contributed by atoms with E-state index in [1.807, 2.05) is 18.4 Å². The van der Waals surface area contributed by atoms with Crippen molar-refractivity contribution in [3.8, 4) is 0 Å². The number of thiophene rings is 1. The van der Waals surface area contributed by atoms with Gasteiger partial charge in [0, 0.05) is 44.1 Å². The van der Waals surface area contributed by atoms with Crippen molar-refractivity contribution >= 4 is 40.4 Å². The SMILES string of the molecule is CCNC(=O)CN1CCN(CC(=O)Nc2ccc(NC(=O)c3cccs3)cc2)CC1. The summed E-state index contributed by atoms with van der Waals surface area (Å²) in [6.45, 7) is 6.30. The van der Waals surface area contributed by atoms with Gasteiger partial charge in [-0.15, -0.1) is 11.3 Å². The van der Waals surface area contributed by atoms with E-state index < -0.39 is 0 Å². The van der Waals surface area contributed by atoms with E-state index in [2.05, 4.69) is 25.8 Å². The van der Waals surface area contributed by atoms with Crippen LogP contribution in [0.3, 0.4) is 0 Å². The molecule has 0 unspecified atom stereocenters. The molecule has 0 atom stereocenters. The highest BCUT2D eigenvalue weighted by Crippen LogP contribution is 2.16. The summed E-state index contributed by atoms with van der Waals surface area (Å²) in [6, 6.07) is 10.7. The number of piperazine rings is 1. The monoisotopic (exact) mass is 429 g/mol. The highest BCUT2D eigenvalue weighted by Gasteiger charge is 2.20. The number of carbonyl (C=O) groups excluding carboxylic acids is 3. The number of hydrogen-bond donors (Lipinski definition) is 3. The molecule has 1 aromatic heterocycles. The Morgan fingerprint density at radius 1 is 0.867 bits per heavy atom. The predicted octanol–water partition coefficient (Wildman–Crippen LogP) is 1.69. The van der Waals surface area contributed by atoms with Gasteiger partial charge in [-0.2, -0.15) is 0 Å². The van der Waals surface area contributed by atoms with Crippen LogP contribution in [-0.2, 0) is 9.59 Å². The first-order valence-electron chi connectivity index (χ1n) is 9.99. The molecule has 30 heavy (non-hydrogen) atoms. The Kier molecular flexibility index (Phi) is 7.95. The Morgan fingerprint density at radius 2 is 1.43 bits per heavy atom. The highest BCUT2D eigenvalue weighted by molar-refractivity contribution is 7.12. The molecule has 0 saturated carbocycles. The second-order valence-electron chi connectivity index (χ2n) is 7.06. The van der Waals surface area contributed by atoms with Crippen molar-refractivity contribution in [2.75, 3.05) is 56.4 Å². The van der Waals surface area contributed by atoms with Crippen molar-refractivity contribution in [2.24, 2.45) is 0 Å². The van der Waals surface area contributed by atoms with E-state index >= 15 is 0 Å². The Balaban J connectivity index is 1.40. The van der Waals surface area contributed by atoms with Gasteiger partial charge >= 0.3 is 0 Å². The lowest BCUT2D eigenvalue weighted by atomic mass is 10.2. The molecular weight excluding hydrogens is 402 g/mol. The smallest absolute Gasteiger partial charge is 0.265 e. The van der Waals surface area contributed by atoms with Crippen molar-refractivity contribution in [3.05, 3.63) is 46.7 Å². The summed E-state index contributed by atoms with van der Waals surface area (Å²) >= 11 is 1.39. The zero-order chi connectivity index (χ0) is 21.3. The number of hydrogen-bond acceptors (Lipinski definition) is 6. The number of benzene rings is 1. The number of rotatable bonds is 8. The maximum absolute atomic E-state index is 12.3. The van der Waals surface area contributed by atoms with Gasteiger partial charge in [0.15, 0.2) is 0 Å². The number of carbonyl (C=O) groups is 3. The number of likely N-dealkylation sites (N-methyl/N-ethyl adjacent to an activating group) is 1. The Hall–Kier alpha value is -2.75. The van der Waals surface area contributed by atoms with Crippen LogP contribution in [0.2, 0.25) is 0 Å². The average Bonchev–Trinajstić information content (AvgIpc) is 3.26. The van der Waals surface area contributed by atoms with Crippen molar-refractivity contribution in [2.45, 2.75) is 6.92 Å². The predicted molar refractivity (Wildman–Crippen MR) is 119 cm³/mol. The number of nitrogens with zero attached hydrogens (tertiary/aromatic N) is 2. The van der Waals surface area contributed by atoms with Gasteiger partial charge < -0.3 is 16.0 Å². The van der Waals surface area contributed by atoms with Gasteiger partial charge in [-0.3, -0.25) is 24.2 Å². The minimum atomic E-state index is -0.145. The van der Waals surface area contributed by atoms with Crippen LogP contribution in [0.5, 0.6) is 0 Å². The van der Waals surface area contributed by atoms with Gasteiger partial charge in [-0.05, 0) is 42.6 Å². The number of nitrogens with one attached hydrogen (secondary N) is 3. The first-order chi connectivity index (χ1) is 14.5. The molecule has 3 amide bonds. The second-order valence-corrected chi connectivity index (χ2v) is 8.01. The minimum Gasteiger partial charge on any atom is -0.355 e. The molecule has 160 valence electrons. The summed E-state index contributed by atoms with van der Waals surface area (Å²) in [6.07, 6.45) is 0. The van der Waals surface area contributed by atoms with Crippen LogP contribution in [0.25, 0.3) is 0 Å². The minimum absolute atomic E-state index is 0.0405. The van der Waals surface area contributed by atoms with Gasteiger partial charge in [0.1, 0.15) is 0 Å². The van der Waals surface area contributed by atoms with Crippen molar-refractivity contribution < 1.29 is 14.4 Å². The largest absolute Gasteiger partial charge is 0.355 e. The Morgan fingerprint density at radius 3 is 1.97 bits per heavy atom. The van der Waals surface area contributed by atoms with Gasteiger partial charge in [0.25, 0.3) is 5.91 Å². The zero-order valence-corrected chi connectivity index (χ0v) is 17.8. The maximum atomic E-state index is 12.3. The molecule has 1 fully saturated rings. The first-order valence-corrected chi connectivity index (χ1v) is 10.9. The summed E-state index contributed by atoms with van der Waals surface area (Å²) in [4.78, 5) is 40.9. The van der Waals surface area contributed by atoms with Crippen LogP contribution in [0, 0.1) is 0 Å². The van der Waals surface area contributed by atoms with Gasteiger partial charge in [0.2, 0.25) is 11.8 Å². The summed E-state index contributed by atoms with van der Waals surface area (Å²) in [5.74, 6) is -0.186. The molecule has 2 aromatic rings. The van der Waals surface area contributed by atoms with Crippen LogP contribution >= 0.6 is 11.3 Å². The fourth-order valence-corrected chi connectivity index (χ4v) is 3.82. The van der Waals surface area contributed by atoms with Gasteiger partial charge in [-0.1, -0.05) is 6.07 Å². The summed E-state index contributed by atoms with van der Waals surface area (Å²) in [5, 5.41) is 10.4. The third kappa shape index (κ3) is 6.65. The Bertz CT molecular complexity index is 846. The van der Waals surface area contributed by atoms with E-state index in [4.69, 9.17) is 0 Å². The molecule has 3 N–H and O–H groups in total. The number of anilines is 2. The first kappa shape index (κ1) is 21.9. The lowest BCUT2D eigenvalue weighted by Gasteiger charge is -2.33. The van der Waals surface area contributed by atoms with Gasteiger partial charge in [-0.25, -0.2) is 0 Å². The van der Waals surface area contributed by atoms with Crippen LogP contribution in [0.15, 0.2) is 41.8 Å². The second kappa shape index (κ2) is 10.9. The normalized spacial score (nSPS) is 14.8. The van der Waals surface area contributed by atoms with E-state index in [1.54, 1.807) is 30.3 Å². The molecule has 0 aliphatic carbocycles. The van der Waals surface area contributed by atoms with Crippen LogP contribution in [0.1, 0.15) is 16.6 Å². The summed E-state index contributed by atoms with van der Waals surface area (Å²) in [5.41, 5.74) is 1.36. The average molecular weight is 430 g/mol. The number of amides is 3. The molecule has 0 radical (unpaired) electrons.